The molecule has 0 radical (unpaired) electrons. The summed E-state index contributed by atoms with van der Waals surface area (Å²) in [6.07, 6.45) is 10.0. The highest BCUT2D eigenvalue weighted by Crippen LogP contribution is 2.11. The molecule has 0 bridgehead atoms. The summed E-state index contributed by atoms with van der Waals surface area (Å²) in [5.74, 6) is 0.930. The summed E-state index contributed by atoms with van der Waals surface area (Å²) in [5.41, 5.74) is 0. The van der Waals surface area contributed by atoms with Gasteiger partial charge in [0.1, 0.15) is 0 Å². The third-order valence-electron chi connectivity index (χ3n) is 4.46. The highest BCUT2D eigenvalue weighted by Gasteiger charge is 2.14. The third-order valence-corrected chi connectivity index (χ3v) is 4.46. The number of aliphatic imine (C=N–C) groups is 1. The molecule has 0 aromatic carbocycles. The quantitative estimate of drug-likeness (QED) is 0.157. The number of hydrogen-bond acceptors (Lipinski definition) is 4. The zero-order valence-electron chi connectivity index (χ0n) is 17.8. The molecule has 1 rings (SSSR count). The van der Waals surface area contributed by atoms with Crippen LogP contribution in [-0.4, -0.2) is 77.1 Å². The van der Waals surface area contributed by atoms with Crippen LogP contribution >= 0.6 is 24.0 Å². The van der Waals surface area contributed by atoms with Crippen molar-refractivity contribution in [2.24, 2.45) is 4.99 Å². The monoisotopic (exact) mass is 498 g/mol. The Balaban J connectivity index is 0.00000676. The van der Waals surface area contributed by atoms with Crippen molar-refractivity contribution in [3.63, 3.8) is 0 Å². The van der Waals surface area contributed by atoms with Crippen LogP contribution in [-0.2, 0) is 9.47 Å². The van der Waals surface area contributed by atoms with Crippen LogP contribution in [0.25, 0.3) is 0 Å². The Morgan fingerprint density at radius 3 is 2.59 bits per heavy atom. The number of halogens is 1. The van der Waals surface area contributed by atoms with Crippen molar-refractivity contribution in [1.29, 1.82) is 0 Å². The maximum Gasteiger partial charge on any atom is 0.191 e. The zero-order chi connectivity index (χ0) is 18.9. The van der Waals surface area contributed by atoms with Gasteiger partial charge in [-0.05, 0) is 59.7 Å². The minimum Gasteiger partial charge on any atom is -0.379 e. The van der Waals surface area contributed by atoms with Crippen LogP contribution in [0.1, 0.15) is 58.3 Å². The van der Waals surface area contributed by atoms with E-state index in [4.69, 9.17) is 9.47 Å². The molecule has 0 amide bonds. The van der Waals surface area contributed by atoms with E-state index in [9.17, 15) is 0 Å². The normalized spacial score (nSPS) is 17.2. The first-order valence-electron chi connectivity index (χ1n) is 10.6. The van der Waals surface area contributed by atoms with Crippen LogP contribution in [0.15, 0.2) is 4.99 Å². The summed E-state index contributed by atoms with van der Waals surface area (Å²) >= 11 is 0. The highest BCUT2D eigenvalue weighted by molar-refractivity contribution is 14.0. The van der Waals surface area contributed by atoms with Gasteiger partial charge in [0.25, 0.3) is 0 Å². The number of ether oxygens (including phenoxy) is 2. The van der Waals surface area contributed by atoms with Crippen LogP contribution in [0.3, 0.4) is 0 Å². The molecule has 0 aromatic rings. The summed E-state index contributed by atoms with van der Waals surface area (Å²) in [6, 6.07) is 0. The van der Waals surface area contributed by atoms with E-state index in [0.29, 0.717) is 6.10 Å². The summed E-state index contributed by atoms with van der Waals surface area (Å²) in [7, 11) is 4.28. The molecule has 1 aliphatic rings. The Morgan fingerprint density at radius 1 is 1.11 bits per heavy atom. The molecule has 1 aliphatic heterocycles. The predicted molar refractivity (Wildman–Crippen MR) is 125 cm³/mol. The van der Waals surface area contributed by atoms with Crippen LogP contribution in [0.4, 0.5) is 0 Å². The fraction of sp³-hybridized carbons (Fsp3) is 0.950. The van der Waals surface area contributed by atoms with E-state index in [1.165, 1.54) is 45.1 Å². The minimum atomic E-state index is 0. The van der Waals surface area contributed by atoms with Gasteiger partial charge in [0, 0.05) is 32.8 Å². The molecule has 1 heterocycles. The first-order chi connectivity index (χ1) is 12.7. The van der Waals surface area contributed by atoms with Crippen molar-refractivity contribution in [3.8, 4) is 0 Å². The van der Waals surface area contributed by atoms with Gasteiger partial charge in [-0.15, -0.1) is 24.0 Å². The summed E-state index contributed by atoms with van der Waals surface area (Å²) < 4.78 is 11.2. The average Bonchev–Trinajstić information content (AvgIpc) is 3.13. The Hall–Kier alpha value is -0.120. The Kier molecular flexibility index (Phi) is 19.1. The van der Waals surface area contributed by atoms with Gasteiger partial charge in [0.2, 0.25) is 0 Å². The molecule has 1 unspecified atom stereocenters. The van der Waals surface area contributed by atoms with Gasteiger partial charge in [-0.25, -0.2) is 0 Å². The van der Waals surface area contributed by atoms with Crippen molar-refractivity contribution >= 4 is 29.9 Å². The summed E-state index contributed by atoms with van der Waals surface area (Å²) in [6.45, 7) is 8.38. The molecule has 0 aliphatic carbocycles. The number of unbranched alkanes of at least 4 members (excludes halogenated alkanes) is 4. The minimum absolute atomic E-state index is 0. The number of hydrogen-bond donors (Lipinski definition) is 2. The van der Waals surface area contributed by atoms with Crippen LogP contribution < -0.4 is 10.6 Å². The number of nitrogens with zero attached hydrogens (tertiary/aromatic N) is 2. The maximum absolute atomic E-state index is 5.68. The van der Waals surface area contributed by atoms with Gasteiger partial charge >= 0.3 is 0 Å². The van der Waals surface area contributed by atoms with E-state index < -0.39 is 0 Å². The average molecular weight is 498 g/mol. The number of rotatable bonds is 15. The van der Waals surface area contributed by atoms with Crippen molar-refractivity contribution in [2.45, 2.75) is 64.4 Å². The first-order valence-corrected chi connectivity index (χ1v) is 10.6. The van der Waals surface area contributed by atoms with E-state index in [0.717, 1.165) is 58.3 Å². The van der Waals surface area contributed by atoms with E-state index in [2.05, 4.69) is 41.5 Å². The second-order valence-electron chi connectivity index (χ2n) is 7.32. The molecular formula is C20H43IN4O2. The lowest BCUT2D eigenvalue weighted by Gasteiger charge is -2.12. The van der Waals surface area contributed by atoms with E-state index in [1.807, 2.05) is 0 Å². The molecule has 1 fully saturated rings. The van der Waals surface area contributed by atoms with Gasteiger partial charge in [-0.1, -0.05) is 19.3 Å². The predicted octanol–water partition coefficient (Wildman–Crippen LogP) is 3.26. The fourth-order valence-electron chi connectivity index (χ4n) is 2.98. The van der Waals surface area contributed by atoms with Gasteiger partial charge in [-0.3, -0.25) is 4.99 Å². The van der Waals surface area contributed by atoms with Gasteiger partial charge in [-0.2, -0.15) is 0 Å². The zero-order valence-corrected chi connectivity index (χ0v) is 20.1. The molecule has 0 spiro atoms. The molecule has 1 atom stereocenters. The summed E-state index contributed by atoms with van der Waals surface area (Å²) in [4.78, 5) is 6.89. The third kappa shape index (κ3) is 16.5. The molecular weight excluding hydrogens is 455 g/mol. The van der Waals surface area contributed by atoms with Crippen LogP contribution in [0.5, 0.6) is 0 Å². The Bertz CT molecular complexity index is 351. The van der Waals surface area contributed by atoms with Crippen molar-refractivity contribution in [3.05, 3.63) is 0 Å². The van der Waals surface area contributed by atoms with Crippen molar-refractivity contribution in [1.82, 2.24) is 15.5 Å². The van der Waals surface area contributed by atoms with Gasteiger partial charge < -0.3 is 25.0 Å². The molecule has 1 saturated heterocycles. The fourth-order valence-corrected chi connectivity index (χ4v) is 2.98. The smallest absolute Gasteiger partial charge is 0.191 e. The van der Waals surface area contributed by atoms with Gasteiger partial charge in [0.05, 0.1) is 12.7 Å². The molecule has 2 N–H and O–H groups in total. The van der Waals surface area contributed by atoms with Crippen LogP contribution in [0, 0.1) is 0 Å². The lowest BCUT2D eigenvalue weighted by Crippen LogP contribution is -2.37. The number of guanidine groups is 1. The SMILES string of the molecule is CCNC(=NCCCOCC1CCCO1)NCCCCCCCN(C)C.I. The first kappa shape index (κ1) is 26.9. The van der Waals surface area contributed by atoms with E-state index >= 15 is 0 Å². The molecule has 0 aromatic heterocycles. The maximum atomic E-state index is 5.68. The molecule has 6 nitrogen and oxygen atoms in total. The summed E-state index contributed by atoms with van der Waals surface area (Å²) in [5, 5.41) is 6.75. The molecule has 27 heavy (non-hydrogen) atoms. The second-order valence-corrected chi connectivity index (χ2v) is 7.32. The standard InChI is InChI=1S/C20H42N4O2.HI/c1-4-21-20(22-13-8-6-5-7-9-15-24(2)3)23-14-11-16-25-18-19-12-10-17-26-19;/h19H,4-18H2,1-3H3,(H2,21,22,23);1H. The Labute approximate surface area is 184 Å². The second kappa shape index (κ2) is 19.2. The lowest BCUT2D eigenvalue weighted by atomic mass is 10.1. The van der Waals surface area contributed by atoms with Crippen molar-refractivity contribution < 1.29 is 9.47 Å². The molecule has 0 saturated carbocycles. The molecule has 7 heteroatoms. The number of nitrogens with one attached hydrogen (secondary N) is 2. The topological polar surface area (TPSA) is 58.1 Å². The molecule has 162 valence electrons. The van der Waals surface area contributed by atoms with Crippen LogP contribution in [0.2, 0.25) is 0 Å². The van der Waals surface area contributed by atoms with E-state index in [1.54, 1.807) is 0 Å². The van der Waals surface area contributed by atoms with E-state index in [-0.39, 0.29) is 24.0 Å². The largest absolute Gasteiger partial charge is 0.379 e. The Morgan fingerprint density at radius 2 is 1.89 bits per heavy atom. The van der Waals surface area contributed by atoms with Gasteiger partial charge in [0.15, 0.2) is 5.96 Å². The highest BCUT2D eigenvalue weighted by atomic mass is 127. The van der Waals surface area contributed by atoms with Crippen molar-refractivity contribution in [2.75, 3.05) is 60.1 Å². The lowest BCUT2D eigenvalue weighted by molar-refractivity contribution is 0.0171.